The van der Waals surface area contributed by atoms with Gasteiger partial charge < -0.3 is 10.8 Å². The highest BCUT2D eigenvalue weighted by molar-refractivity contribution is 9.10. The van der Waals surface area contributed by atoms with Crippen molar-refractivity contribution in [3.05, 3.63) is 34.3 Å². The third-order valence-electron chi connectivity index (χ3n) is 2.36. The van der Waals surface area contributed by atoms with Gasteiger partial charge >= 0.3 is 0 Å². The van der Waals surface area contributed by atoms with Gasteiger partial charge in [0.2, 0.25) is 0 Å². The minimum atomic E-state index is 0.236. The zero-order valence-corrected chi connectivity index (χ0v) is 11.8. The van der Waals surface area contributed by atoms with Crippen LogP contribution in [0, 0.1) is 5.92 Å². The van der Waals surface area contributed by atoms with E-state index in [0.717, 1.165) is 10.2 Å². The summed E-state index contributed by atoms with van der Waals surface area (Å²) in [5, 5.41) is 9.29. The van der Waals surface area contributed by atoms with E-state index in [9.17, 15) is 0 Å². The van der Waals surface area contributed by atoms with Crippen molar-refractivity contribution in [1.82, 2.24) is 0 Å². The Morgan fingerprint density at radius 2 is 2.12 bits per heavy atom. The summed E-state index contributed by atoms with van der Waals surface area (Å²) >= 11 is 5.35. The third-order valence-corrected chi connectivity index (χ3v) is 4.69. The quantitative estimate of drug-likeness (QED) is 0.849. The van der Waals surface area contributed by atoms with E-state index in [2.05, 4.69) is 22.0 Å². The predicted molar refractivity (Wildman–Crippen MR) is 74.6 cm³/mol. The van der Waals surface area contributed by atoms with E-state index >= 15 is 0 Å². The summed E-state index contributed by atoms with van der Waals surface area (Å²) in [5.74, 6) is 1.25. The van der Waals surface area contributed by atoms with E-state index in [-0.39, 0.29) is 6.61 Å². The lowest BCUT2D eigenvalue weighted by Crippen LogP contribution is -2.13. The van der Waals surface area contributed by atoms with Gasteiger partial charge in [-0.25, -0.2) is 0 Å². The van der Waals surface area contributed by atoms with Gasteiger partial charge in [-0.15, -0.1) is 0 Å². The lowest BCUT2D eigenvalue weighted by Gasteiger charge is -2.18. The summed E-state index contributed by atoms with van der Waals surface area (Å²) in [6.07, 6.45) is 0. The SMILES string of the molecule is CC(CO)CSC(CN)c1ccccc1Br. The van der Waals surface area contributed by atoms with Crippen molar-refractivity contribution in [2.24, 2.45) is 11.7 Å². The number of hydrogen-bond donors (Lipinski definition) is 2. The van der Waals surface area contributed by atoms with Crippen LogP contribution in [0.1, 0.15) is 17.7 Å². The van der Waals surface area contributed by atoms with E-state index in [1.165, 1.54) is 5.56 Å². The maximum absolute atomic E-state index is 8.99. The van der Waals surface area contributed by atoms with E-state index < -0.39 is 0 Å². The number of thioether (sulfide) groups is 1. The maximum atomic E-state index is 8.99. The highest BCUT2D eigenvalue weighted by Crippen LogP contribution is 2.33. The Hall–Kier alpha value is -0.0300. The van der Waals surface area contributed by atoms with Crippen LogP contribution in [0.4, 0.5) is 0 Å². The molecule has 90 valence electrons. The van der Waals surface area contributed by atoms with Gasteiger partial charge in [0.25, 0.3) is 0 Å². The van der Waals surface area contributed by atoms with Crippen molar-refractivity contribution >= 4 is 27.7 Å². The van der Waals surface area contributed by atoms with Gasteiger partial charge in [0.15, 0.2) is 0 Å². The monoisotopic (exact) mass is 303 g/mol. The van der Waals surface area contributed by atoms with Crippen LogP contribution in [0.15, 0.2) is 28.7 Å². The molecule has 2 nitrogen and oxygen atoms in total. The Labute approximate surface area is 110 Å². The fraction of sp³-hybridized carbons (Fsp3) is 0.500. The average molecular weight is 304 g/mol. The van der Waals surface area contributed by atoms with Crippen molar-refractivity contribution in [2.45, 2.75) is 12.2 Å². The molecule has 0 aliphatic heterocycles. The summed E-state index contributed by atoms with van der Waals surface area (Å²) in [7, 11) is 0. The van der Waals surface area contributed by atoms with Crippen LogP contribution in [-0.2, 0) is 0 Å². The van der Waals surface area contributed by atoms with Crippen LogP contribution in [-0.4, -0.2) is 24.0 Å². The van der Waals surface area contributed by atoms with Gasteiger partial charge in [-0.3, -0.25) is 0 Å². The first-order valence-corrected chi connectivity index (χ1v) is 7.20. The molecule has 0 heterocycles. The first-order chi connectivity index (χ1) is 7.69. The van der Waals surface area contributed by atoms with Gasteiger partial charge in [-0.2, -0.15) is 11.8 Å². The standard InChI is InChI=1S/C12H18BrNOS/c1-9(7-15)8-16-12(6-14)10-4-2-3-5-11(10)13/h2-5,9,12,15H,6-8,14H2,1H3. The number of rotatable bonds is 6. The number of hydrogen-bond acceptors (Lipinski definition) is 3. The second-order valence-corrected chi connectivity index (χ2v) is 5.96. The fourth-order valence-corrected chi connectivity index (χ4v) is 3.25. The molecule has 0 aromatic heterocycles. The molecule has 3 N–H and O–H groups in total. The van der Waals surface area contributed by atoms with Crippen LogP contribution in [0.5, 0.6) is 0 Å². The zero-order chi connectivity index (χ0) is 12.0. The van der Waals surface area contributed by atoms with Crippen molar-refractivity contribution < 1.29 is 5.11 Å². The van der Waals surface area contributed by atoms with Gasteiger partial charge in [0.1, 0.15) is 0 Å². The number of aliphatic hydroxyl groups excluding tert-OH is 1. The van der Waals surface area contributed by atoms with E-state index in [0.29, 0.717) is 17.7 Å². The van der Waals surface area contributed by atoms with Crippen molar-refractivity contribution in [3.63, 3.8) is 0 Å². The second-order valence-electron chi connectivity index (χ2n) is 3.87. The summed E-state index contributed by atoms with van der Waals surface area (Å²) in [6.45, 7) is 2.90. The van der Waals surface area contributed by atoms with Gasteiger partial charge in [-0.05, 0) is 23.3 Å². The van der Waals surface area contributed by atoms with Gasteiger partial charge in [0.05, 0.1) is 0 Å². The van der Waals surface area contributed by atoms with E-state index in [1.807, 2.05) is 25.1 Å². The highest BCUT2D eigenvalue weighted by atomic mass is 79.9. The summed E-state index contributed by atoms with van der Waals surface area (Å²) < 4.78 is 1.11. The van der Waals surface area contributed by atoms with Crippen LogP contribution in [0.2, 0.25) is 0 Å². The number of aliphatic hydroxyl groups is 1. The van der Waals surface area contributed by atoms with Crippen molar-refractivity contribution in [2.75, 3.05) is 18.9 Å². The molecule has 1 aromatic carbocycles. The normalized spacial score (nSPS) is 14.8. The van der Waals surface area contributed by atoms with Crippen molar-refractivity contribution in [1.29, 1.82) is 0 Å². The molecule has 0 saturated heterocycles. The van der Waals surface area contributed by atoms with Gasteiger partial charge in [-0.1, -0.05) is 41.1 Å². The summed E-state index contributed by atoms with van der Waals surface area (Å²) in [5.41, 5.74) is 7.03. The van der Waals surface area contributed by atoms with Crippen LogP contribution in [0.25, 0.3) is 0 Å². The molecular formula is C12H18BrNOS. The minimum absolute atomic E-state index is 0.236. The average Bonchev–Trinajstić information content (AvgIpc) is 2.31. The van der Waals surface area contributed by atoms with Crippen molar-refractivity contribution in [3.8, 4) is 0 Å². The second kappa shape index (κ2) is 7.33. The molecule has 0 fully saturated rings. The zero-order valence-electron chi connectivity index (χ0n) is 9.40. The Morgan fingerprint density at radius 3 is 2.69 bits per heavy atom. The molecule has 0 radical (unpaired) electrons. The lowest BCUT2D eigenvalue weighted by atomic mass is 10.1. The topological polar surface area (TPSA) is 46.2 Å². The Kier molecular flexibility index (Phi) is 6.43. The van der Waals surface area contributed by atoms with Crippen LogP contribution >= 0.6 is 27.7 Å². The molecule has 0 spiro atoms. The Bertz CT molecular complexity index is 322. The molecule has 0 bridgehead atoms. The van der Waals surface area contributed by atoms with Crippen LogP contribution in [0.3, 0.4) is 0 Å². The minimum Gasteiger partial charge on any atom is -0.396 e. The molecule has 1 aromatic rings. The molecular weight excluding hydrogens is 286 g/mol. The van der Waals surface area contributed by atoms with E-state index in [4.69, 9.17) is 10.8 Å². The first-order valence-electron chi connectivity index (χ1n) is 5.36. The molecule has 2 atom stereocenters. The number of nitrogens with two attached hydrogens (primary N) is 1. The highest BCUT2D eigenvalue weighted by Gasteiger charge is 2.14. The third kappa shape index (κ3) is 4.09. The molecule has 0 amide bonds. The molecule has 16 heavy (non-hydrogen) atoms. The molecule has 1 rings (SSSR count). The smallest absolute Gasteiger partial charge is 0.0464 e. The van der Waals surface area contributed by atoms with Gasteiger partial charge in [0, 0.05) is 22.9 Å². The first kappa shape index (κ1) is 14.0. The largest absolute Gasteiger partial charge is 0.396 e. The Balaban J connectivity index is 2.64. The molecule has 4 heteroatoms. The Morgan fingerprint density at radius 1 is 1.44 bits per heavy atom. The summed E-state index contributed by atoms with van der Waals surface area (Å²) in [6, 6.07) is 8.16. The summed E-state index contributed by atoms with van der Waals surface area (Å²) in [4.78, 5) is 0. The molecule has 2 unspecified atom stereocenters. The number of benzene rings is 1. The van der Waals surface area contributed by atoms with Crippen LogP contribution < -0.4 is 5.73 Å². The maximum Gasteiger partial charge on any atom is 0.0464 e. The molecule has 0 aliphatic carbocycles. The lowest BCUT2D eigenvalue weighted by molar-refractivity contribution is 0.250. The predicted octanol–water partition coefficient (Wildman–Crippen LogP) is 2.81. The van der Waals surface area contributed by atoms with E-state index in [1.54, 1.807) is 11.8 Å². The number of halogens is 1. The molecule has 0 aliphatic rings. The molecule has 0 saturated carbocycles. The fourth-order valence-electron chi connectivity index (χ4n) is 1.35.